The molecule has 2 aromatic heterocycles. The number of nitrogens with zero attached hydrogens (tertiary/aromatic N) is 3. The molecular weight excluding hydrogens is 236 g/mol. The number of aryl methyl sites for hydroxylation is 1. The van der Waals surface area contributed by atoms with E-state index < -0.39 is 0 Å². The van der Waals surface area contributed by atoms with Gasteiger partial charge in [-0.1, -0.05) is 12.1 Å². The van der Waals surface area contributed by atoms with Crippen molar-refractivity contribution in [3.63, 3.8) is 0 Å². The fourth-order valence-electron chi connectivity index (χ4n) is 2.73. The van der Waals surface area contributed by atoms with Gasteiger partial charge in [-0.2, -0.15) is 0 Å². The molecule has 0 atom stereocenters. The van der Waals surface area contributed by atoms with Gasteiger partial charge in [-0.25, -0.2) is 4.98 Å². The SMILES string of the molecule is Cn1c(-c2ccc3c(c2)CNC3)nc2ccncc21. The highest BCUT2D eigenvalue weighted by atomic mass is 15.1. The van der Waals surface area contributed by atoms with E-state index in [2.05, 4.69) is 33.1 Å². The maximum Gasteiger partial charge on any atom is 0.140 e. The summed E-state index contributed by atoms with van der Waals surface area (Å²) >= 11 is 0. The van der Waals surface area contributed by atoms with Crippen LogP contribution in [0, 0.1) is 0 Å². The molecule has 4 heteroatoms. The smallest absolute Gasteiger partial charge is 0.140 e. The summed E-state index contributed by atoms with van der Waals surface area (Å²) in [6.45, 7) is 1.93. The summed E-state index contributed by atoms with van der Waals surface area (Å²) in [7, 11) is 2.04. The number of hydrogen-bond donors (Lipinski definition) is 1. The van der Waals surface area contributed by atoms with Gasteiger partial charge in [-0.15, -0.1) is 0 Å². The van der Waals surface area contributed by atoms with Crippen molar-refractivity contribution in [1.82, 2.24) is 19.9 Å². The fraction of sp³-hybridized carbons (Fsp3) is 0.200. The lowest BCUT2D eigenvalue weighted by molar-refractivity contribution is 0.765. The average Bonchev–Trinajstić information content (AvgIpc) is 3.03. The predicted octanol–water partition coefficient (Wildman–Crippen LogP) is 2.24. The van der Waals surface area contributed by atoms with Gasteiger partial charge in [-0.3, -0.25) is 4.98 Å². The summed E-state index contributed by atoms with van der Waals surface area (Å²) in [4.78, 5) is 8.88. The maximum absolute atomic E-state index is 4.71. The summed E-state index contributed by atoms with van der Waals surface area (Å²) < 4.78 is 2.10. The standard InChI is InChI=1S/C15H14N4/c1-19-14-9-16-5-4-13(14)18-15(19)10-2-3-11-7-17-8-12(11)6-10/h2-6,9,17H,7-8H2,1H3. The second-order valence-electron chi connectivity index (χ2n) is 4.95. The van der Waals surface area contributed by atoms with Gasteiger partial charge in [-0.05, 0) is 23.3 Å². The summed E-state index contributed by atoms with van der Waals surface area (Å²) in [5, 5.41) is 3.37. The van der Waals surface area contributed by atoms with Crippen molar-refractivity contribution in [3.05, 3.63) is 47.8 Å². The number of rotatable bonds is 1. The predicted molar refractivity (Wildman–Crippen MR) is 74.5 cm³/mol. The third kappa shape index (κ3) is 1.57. The van der Waals surface area contributed by atoms with Crippen molar-refractivity contribution >= 4 is 11.0 Å². The van der Waals surface area contributed by atoms with Crippen LogP contribution in [-0.2, 0) is 20.1 Å². The molecule has 0 aliphatic carbocycles. The summed E-state index contributed by atoms with van der Waals surface area (Å²) in [5.74, 6) is 0.998. The van der Waals surface area contributed by atoms with Crippen LogP contribution < -0.4 is 5.32 Å². The molecule has 0 radical (unpaired) electrons. The first-order valence-corrected chi connectivity index (χ1v) is 6.42. The average molecular weight is 250 g/mol. The lowest BCUT2D eigenvalue weighted by atomic mass is 10.1. The van der Waals surface area contributed by atoms with E-state index in [0.29, 0.717) is 0 Å². The quantitative estimate of drug-likeness (QED) is 0.720. The van der Waals surface area contributed by atoms with Gasteiger partial charge in [0.05, 0.1) is 17.2 Å². The summed E-state index contributed by atoms with van der Waals surface area (Å²) in [6, 6.07) is 8.54. The lowest BCUT2D eigenvalue weighted by Gasteiger charge is -2.04. The van der Waals surface area contributed by atoms with Crippen LogP contribution in [0.1, 0.15) is 11.1 Å². The van der Waals surface area contributed by atoms with Gasteiger partial charge in [0.1, 0.15) is 5.82 Å². The van der Waals surface area contributed by atoms with E-state index in [9.17, 15) is 0 Å². The highest BCUT2D eigenvalue weighted by Gasteiger charge is 2.14. The molecule has 0 unspecified atom stereocenters. The van der Waals surface area contributed by atoms with E-state index in [1.54, 1.807) is 6.20 Å². The van der Waals surface area contributed by atoms with Crippen LogP contribution in [0.4, 0.5) is 0 Å². The molecular formula is C15H14N4. The van der Waals surface area contributed by atoms with Crippen molar-refractivity contribution in [2.45, 2.75) is 13.1 Å². The minimum atomic E-state index is 0.953. The Bertz CT molecular complexity index is 773. The zero-order chi connectivity index (χ0) is 12.8. The number of pyridine rings is 1. The highest BCUT2D eigenvalue weighted by Crippen LogP contribution is 2.26. The lowest BCUT2D eigenvalue weighted by Crippen LogP contribution is -1.99. The van der Waals surface area contributed by atoms with Crippen LogP contribution in [0.3, 0.4) is 0 Å². The fourth-order valence-corrected chi connectivity index (χ4v) is 2.73. The molecule has 4 rings (SSSR count). The molecule has 1 aliphatic rings. The van der Waals surface area contributed by atoms with E-state index in [1.807, 2.05) is 19.3 Å². The van der Waals surface area contributed by atoms with Crippen molar-refractivity contribution in [2.75, 3.05) is 0 Å². The number of benzene rings is 1. The first-order chi connectivity index (χ1) is 9.33. The zero-order valence-electron chi connectivity index (χ0n) is 10.7. The molecule has 94 valence electrons. The second-order valence-corrected chi connectivity index (χ2v) is 4.95. The summed E-state index contributed by atoms with van der Waals surface area (Å²) in [6.07, 6.45) is 3.65. The van der Waals surface area contributed by atoms with Crippen LogP contribution in [0.2, 0.25) is 0 Å². The van der Waals surface area contributed by atoms with Gasteiger partial charge in [0, 0.05) is 31.9 Å². The minimum Gasteiger partial charge on any atom is -0.326 e. The number of hydrogen-bond acceptors (Lipinski definition) is 3. The van der Waals surface area contributed by atoms with Gasteiger partial charge in [0.25, 0.3) is 0 Å². The molecule has 1 aliphatic heterocycles. The Hall–Kier alpha value is -2.20. The Morgan fingerprint density at radius 1 is 1.16 bits per heavy atom. The number of aromatic nitrogens is 3. The molecule has 4 nitrogen and oxygen atoms in total. The molecule has 1 aromatic carbocycles. The third-order valence-corrected chi connectivity index (χ3v) is 3.78. The number of fused-ring (bicyclic) bond motifs is 2. The van der Waals surface area contributed by atoms with Crippen LogP contribution in [0.25, 0.3) is 22.4 Å². The van der Waals surface area contributed by atoms with Crippen LogP contribution >= 0.6 is 0 Å². The van der Waals surface area contributed by atoms with Crippen molar-refractivity contribution in [1.29, 1.82) is 0 Å². The normalized spacial score (nSPS) is 13.9. The Morgan fingerprint density at radius 2 is 2.05 bits per heavy atom. The molecule has 1 N–H and O–H groups in total. The second kappa shape index (κ2) is 3.90. The van der Waals surface area contributed by atoms with Crippen molar-refractivity contribution in [2.24, 2.45) is 7.05 Å². The number of imidazole rings is 1. The van der Waals surface area contributed by atoms with Crippen LogP contribution in [0.5, 0.6) is 0 Å². The molecule has 0 amide bonds. The van der Waals surface area contributed by atoms with Crippen LogP contribution in [-0.4, -0.2) is 14.5 Å². The molecule has 0 fully saturated rings. The number of nitrogens with one attached hydrogen (secondary N) is 1. The minimum absolute atomic E-state index is 0.953. The molecule has 0 saturated heterocycles. The molecule has 0 spiro atoms. The Kier molecular flexibility index (Phi) is 2.19. The van der Waals surface area contributed by atoms with Gasteiger partial charge in [0.15, 0.2) is 0 Å². The Balaban J connectivity index is 1.92. The van der Waals surface area contributed by atoms with Gasteiger partial charge >= 0.3 is 0 Å². The van der Waals surface area contributed by atoms with Gasteiger partial charge in [0.2, 0.25) is 0 Å². The van der Waals surface area contributed by atoms with Gasteiger partial charge < -0.3 is 9.88 Å². The van der Waals surface area contributed by atoms with Crippen molar-refractivity contribution < 1.29 is 0 Å². The maximum atomic E-state index is 4.71. The molecule has 3 aromatic rings. The van der Waals surface area contributed by atoms with E-state index >= 15 is 0 Å². The topological polar surface area (TPSA) is 42.7 Å². The molecule has 0 bridgehead atoms. The Labute approximate surface area is 111 Å². The monoisotopic (exact) mass is 250 g/mol. The van der Waals surface area contributed by atoms with E-state index in [0.717, 1.165) is 29.9 Å². The van der Waals surface area contributed by atoms with E-state index in [1.165, 1.54) is 16.7 Å². The third-order valence-electron chi connectivity index (χ3n) is 3.78. The molecule has 0 saturated carbocycles. The zero-order valence-corrected chi connectivity index (χ0v) is 10.7. The van der Waals surface area contributed by atoms with E-state index in [-0.39, 0.29) is 0 Å². The molecule has 3 heterocycles. The molecule has 19 heavy (non-hydrogen) atoms. The Morgan fingerprint density at radius 3 is 2.95 bits per heavy atom. The van der Waals surface area contributed by atoms with Crippen molar-refractivity contribution in [3.8, 4) is 11.4 Å². The highest BCUT2D eigenvalue weighted by molar-refractivity contribution is 5.79. The van der Waals surface area contributed by atoms with E-state index in [4.69, 9.17) is 4.98 Å². The first kappa shape index (κ1) is 10.7. The largest absolute Gasteiger partial charge is 0.326 e. The summed E-state index contributed by atoms with van der Waals surface area (Å²) in [5.41, 5.74) is 6.00. The van der Waals surface area contributed by atoms with Crippen LogP contribution in [0.15, 0.2) is 36.7 Å². The first-order valence-electron chi connectivity index (χ1n) is 6.42.